The monoisotopic (exact) mass is 147 g/mol. The smallest absolute Gasteiger partial charge is 0.316 e. The minimum Gasteiger partial charge on any atom is -0.481 e. The standard InChI is InChI=1S/C6H10O4/c1-3(7)5(4(2)8)6(9)10/h3,5,7H,1-2H3,(H,9,10)/i7D. The van der Waals surface area contributed by atoms with Crippen LogP contribution in [0.1, 0.15) is 13.8 Å². The van der Waals surface area contributed by atoms with Gasteiger partial charge >= 0.3 is 5.97 Å². The molecule has 10 heavy (non-hydrogen) atoms. The minimum absolute atomic E-state index is 0.503. The highest BCUT2D eigenvalue weighted by molar-refractivity contribution is 5.97. The number of carboxylic acids is 1. The molecule has 58 valence electrons. The van der Waals surface area contributed by atoms with E-state index in [1.165, 1.54) is 6.92 Å². The molecule has 0 aliphatic carbocycles. The van der Waals surface area contributed by atoms with Crippen LogP contribution < -0.4 is 0 Å². The molecule has 4 heteroatoms. The Kier molecular flexibility index (Phi) is 2.39. The van der Waals surface area contributed by atoms with Gasteiger partial charge in [-0.05, 0) is 13.8 Å². The molecule has 0 aromatic heterocycles. The molecule has 0 bridgehead atoms. The summed E-state index contributed by atoms with van der Waals surface area (Å²) in [5, 5.41) is 12.4. The van der Waals surface area contributed by atoms with Crippen LogP contribution in [0.2, 0.25) is 0 Å². The first-order chi connectivity index (χ1) is 5.00. The quantitative estimate of drug-likeness (QED) is 0.533. The van der Waals surface area contributed by atoms with E-state index in [-0.39, 0.29) is 0 Å². The number of hydrogen-bond donors (Lipinski definition) is 2. The van der Waals surface area contributed by atoms with Gasteiger partial charge in [-0.15, -0.1) is 0 Å². The van der Waals surface area contributed by atoms with Gasteiger partial charge in [0.1, 0.15) is 11.7 Å². The number of carbonyl (C=O) groups is 2. The van der Waals surface area contributed by atoms with E-state index in [2.05, 4.69) is 5.11 Å². The van der Waals surface area contributed by atoms with Crippen molar-refractivity contribution in [1.82, 2.24) is 0 Å². The van der Waals surface area contributed by atoms with E-state index < -0.39 is 23.8 Å². The fourth-order valence-electron chi connectivity index (χ4n) is 0.705. The van der Waals surface area contributed by atoms with Crippen molar-refractivity contribution in [2.24, 2.45) is 5.92 Å². The molecule has 0 saturated heterocycles. The summed E-state index contributed by atoms with van der Waals surface area (Å²) in [5.74, 6) is -2.98. The number of Topliss-reactive ketones (excluding diaryl/α,β-unsaturated/α-hetero) is 1. The van der Waals surface area contributed by atoms with Crippen molar-refractivity contribution in [2.75, 3.05) is 0 Å². The Bertz CT molecular complexity index is 154. The zero-order valence-corrected chi connectivity index (χ0v) is 5.83. The van der Waals surface area contributed by atoms with Crippen molar-refractivity contribution < 1.29 is 19.8 Å². The Morgan fingerprint density at radius 1 is 1.60 bits per heavy atom. The molecule has 0 aliphatic rings. The number of aliphatic hydroxyl groups excluding tert-OH is 1. The van der Waals surface area contributed by atoms with E-state index in [1.807, 2.05) is 0 Å². The number of aliphatic carboxylic acids is 1. The number of aliphatic hydroxyl groups is 1. The molecular formula is C6H10O4. The lowest BCUT2D eigenvalue weighted by Crippen LogP contribution is -2.31. The predicted octanol–water partition coefficient (Wildman–Crippen LogP) is -0.343. The molecule has 0 heterocycles. The molecule has 4 nitrogen and oxygen atoms in total. The normalized spacial score (nSPS) is 17.2. The Morgan fingerprint density at radius 2 is 2.10 bits per heavy atom. The SMILES string of the molecule is [2H]OC(C)C(C(C)=O)C(=O)O. The second-order valence-electron chi connectivity index (χ2n) is 2.13. The number of hydrogen-bond acceptors (Lipinski definition) is 3. The molecule has 0 amide bonds. The third-order valence-electron chi connectivity index (χ3n) is 1.17. The zero-order valence-electron chi connectivity index (χ0n) is 6.83. The highest BCUT2D eigenvalue weighted by atomic mass is 16.4. The van der Waals surface area contributed by atoms with Crippen LogP contribution >= 0.6 is 0 Å². The molecule has 0 radical (unpaired) electrons. The van der Waals surface area contributed by atoms with E-state index in [0.29, 0.717) is 0 Å². The summed E-state index contributed by atoms with van der Waals surface area (Å²) in [5.41, 5.74) is 0. The molecule has 0 saturated carbocycles. The molecule has 2 N–H and O–H groups in total. The van der Waals surface area contributed by atoms with Gasteiger partial charge in [-0.2, -0.15) is 0 Å². The highest BCUT2D eigenvalue weighted by Gasteiger charge is 2.27. The second-order valence-corrected chi connectivity index (χ2v) is 2.13. The molecule has 0 aromatic carbocycles. The summed E-state index contributed by atoms with van der Waals surface area (Å²) < 4.78 is 6.41. The van der Waals surface area contributed by atoms with Crippen molar-refractivity contribution in [3.05, 3.63) is 0 Å². The van der Waals surface area contributed by atoms with E-state index in [0.717, 1.165) is 6.92 Å². The van der Waals surface area contributed by atoms with Gasteiger partial charge in [0.15, 0.2) is 0 Å². The summed E-state index contributed by atoms with van der Waals surface area (Å²) in [4.78, 5) is 21.0. The first kappa shape index (κ1) is 7.21. The van der Waals surface area contributed by atoms with Gasteiger partial charge in [-0.1, -0.05) is 0 Å². The van der Waals surface area contributed by atoms with Crippen molar-refractivity contribution in [3.63, 3.8) is 0 Å². The molecule has 0 fully saturated rings. The molecule has 0 aliphatic heterocycles. The van der Waals surface area contributed by atoms with E-state index >= 15 is 0 Å². The van der Waals surface area contributed by atoms with Crippen LogP contribution in [-0.4, -0.2) is 29.5 Å². The third kappa shape index (κ3) is 2.14. The van der Waals surface area contributed by atoms with Crippen LogP contribution in [-0.2, 0) is 9.59 Å². The summed E-state index contributed by atoms with van der Waals surface area (Å²) in [6, 6.07) is 0. The first-order valence-corrected chi connectivity index (χ1v) is 2.86. The lowest BCUT2D eigenvalue weighted by Gasteiger charge is -2.10. The number of ketones is 1. The summed E-state index contributed by atoms with van der Waals surface area (Å²) in [6.45, 7) is 2.53. The summed E-state index contributed by atoms with van der Waals surface area (Å²) in [6.07, 6.45) is -0.898. The van der Waals surface area contributed by atoms with Gasteiger partial charge in [-0.3, -0.25) is 9.59 Å². The first-order valence-electron chi connectivity index (χ1n) is 3.26. The molecule has 0 rings (SSSR count). The predicted molar refractivity (Wildman–Crippen MR) is 33.5 cm³/mol. The van der Waals surface area contributed by atoms with Gasteiger partial charge in [0.25, 0.3) is 0 Å². The number of carbonyl (C=O) groups excluding carboxylic acids is 1. The van der Waals surface area contributed by atoms with Gasteiger partial charge < -0.3 is 10.2 Å². The maximum Gasteiger partial charge on any atom is 0.316 e. The van der Waals surface area contributed by atoms with Crippen LogP contribution in [0.5, 0.6) is 0 Å². The molecule has 0 aromatic rings. The fourth-order valence-corrected chi connectivity index (χ4v) is 0.705. The Balaban J connectivity index is 4.34. The van der Waals surface area contributed by atoms with Crippen LogP contribution in [0.4, 0.5) is 0 Å². The zero-order chi connectivity index (χ0) is 9.02. The van der Waals surface area contributed by atoms with Crippen LogP contribution in [0.3, 0.4) is 0 Å². The van der Waals surface area contributed by atoms with Crippen molar-refractivity contribution in [3.8, 4) is 0 Å². The van der Waals surface area contributed by atoms with Crippen molar-refractivity contribution in [2.45, 2.75) is 20.0 Å². The Labute approximate surface area is 60.0 Å². The Morgan fingerprint density at radius 3 is 2.20 bits per heavy atom. The summed E-state index contributed by atoms with van der Waals surface area (Å²) >= 11 is 0. The van der Waals surface area contributed by atoms with E-state index in [9.17, 15) is 9.59 Å². The second kappa shape index (κ2) is 3.31. The van der Waals surface area contributed by atoms with Crippen molar-refractivity contribution in [1.29, 1.82) is 1.43 Å². The van der Waals surface area contributed by atoms with Crippen molar-refractivity contribution >= 4 is 11.8 Å². The van der Waals surface area contributed by atoms with E-state index in [1.54, 1.807) is 0 Å². The topological polar surface area (TPSA) is 74.6 Å². The lowest BCUT2D eigenvalue weighted by atomic mass is 10.0. The van der Waals surface area contributed by atoms with Gasteiger partial charge in [0, 0.05) is 0 Å². The van der Waals surface area contributed by atoms with Gasteiger partial charge in [0.05, 0.1) is 6.10 Å². The van der Waals surface area contributed by atoms with Crippen LogP contribution in [0.15, 0.2) is 0 Å². The van der Waals surface area contributed by atoms with Gasteiger partial charge in [-0.25, -0.2) is 0 Å². The molecular weight excluding hydrogens is 136 g/mol. The minimum atomic E-state index is -1.25. The van der Waals surface area contributed by atoms with Crippen LogP contribution in [0, 0.1) is 5.92 Å². The average molecular weight is 147 g/mol. The Hall–Kier alpha value is -0.900. The maximum atomic E-state index is 10.6. The number of rotatable bonds is 4. The average Bonchev–Trinajstić information content (AvgIpc) is 1.85. The summed E-state index contributed by atoms with van der Waals surface area (Å²) in [7, 11) is 0. The lowest BCUT2D eigenvalue weighted by molar-refractivity contribution is -0.149. The molecule has 2 atom stereocenters. The third-order valence-corrected chi connectivity index (χ3v) is 1.17. The molecule has 0 spiro atoms. The molecule has 2 unspecified atom stereocenters. The fraction of sp³-hybridized carbons (Fsp3) is 0.667. The van der Waals surface area contributed by atoms with E-state index in [4.69, 9.17) is 6.54 Å². The highest BCUT2D eigenvalue weighted by Crippen LogP contribution is 2.04. The number of carboxylic acid groups (broad SMARTS) is 1. The maximum absolute atomic E-state index is 10.6. The van der Waals surface area contributed by atoms with Crippen LogP contribution in [0.25, 0.3) is 0 Å². The van der Waals surface area contributed by atoms with Gasteiger partial charge in [0.2, 0.25) is 1.43 Å². The largest absolute Gasteiger partial charge is 0.481 e.